The summed E-state index contributed by atoms with van der Waals surface area (Å²) in [5, 5.41) is 8.02. The highest BCUT2D eigenvalue weighted by molar-refractivity contribution is 7.84. The van der Waals surface area contributed by atoms with Crippen molar-refractivity contribution in [1.82, 2.24) is 19.5 Å². The van der Waals surface area contributed by atoms with Gasteiger partial charge in [-0.2, -0.15) is 0 Å². The Morgan fingerprint density at radius 3 is 2.44 bits per heavy atom. The highest BCUT2D eigenvalue weighted by Gasteiger charge is 2.15. The van der Waals surface area contributed by atoms with Crippen molar-refractivity contribution in [3.63, 3.8) is 0 Å². The molecule has 1 fully saturated rings. The van der Waals surface area contributed by atoms with E-state index in [4.69, 9.17) is 5.10 Å². The number of piperazine rings is 1. The van der Waals surface area contributed by atoms with Crippen LogP contribution in [0.4, 0.5) is 17.3 Å². The molecule has 32 heavy (non-hydrogen) atoms. The van der Waals surface area contributed by atoms with Crippen LogP contribution in [0.1, 0.15) is 0 Å². The van der Waals surface area contributed by atoms with Crippen LogP contribution < -0.4 is 10.2 Å². The first kappa shape index (κ1) is 20.7. The van der Waals surface area contributed by atoms with Gasteiger partial charge in [0.25, 0.3) is 0 Å². The van der Waals surface area contributed by atoms with E-state index in [1.54, 1.807) is 12.5 Å². The molecule has 7 nitrogen and oxygen atoms in total. The van der Waals surface area contributed by atoms with E-state index in [0.29, 0.717) is 5.95 Å². The fraction of sp³-hybridized carbons (Fsp3) is 0.250. The maximum Gasteiger partial charge on any atom is 0.245 e. The Morgan fingerprint density at radius 2 is 1.69 bits per heavy atom. The van der Waals surface area contributed by atoms with Gasteiger partial charge in [-0.05, 0) is 49.5 Å². The summed E-state index contributed by atoms with van der Waals surface area (Å²) in [6.45, 7) is 4.26. The van der Waals surface area contributed by atoms with Gasteiger partial charge in [0.15, 0.2) is 0 Å². The summed E-state index contributed by atoms with van der Waals surface area (Å²) in [5.41, 5.74) is 4.85. The molecule has 0 aliphatic carbocycles. The molecule has 164 valence electrons. The zero-order chi connectivity index (χ0) is 22.1. The summed E-state index contributed by atoms with van der Waals surface area (Å²) >= 11 is 0. The lowest BCUT2D eigenvalue weighted by Crippen LogP contribution is -2.44. The van der Waals surface area contributed by atoms with E-state index in [1.807, 2.05) is 40.9 Å². The van der Waals surface area contributed by atoms with E-state index >= 15 is 0 Å². The molecule has 0 saturated carbocycles. The standard InChI is InChI=1S/C24H26N6OS/c1-28-13-15-29(16-14-28)19-9-7-18(8-10-19)26-24-25-17-20-11-12-22(30(20)27-24)21-5-3-4-6-23(21)32(2)31/h3-12,17H,13-16H2,1-2H3,(H,26,27). The summed E-state index contributed by atoms with van der Waals surface area (Å²) in [4.78, 5) is 10.0. The smallest absolute Gasteiger partial charge is 0.245 e. The van der Waals surface area contributed by atoms with E-state index in [1.165, 1.54) is 5.69 Å². The molecule has 2 aromatic heterocycles. The molecule has 2 aromatic carbocycles. The lowest BCUT2D eigenvalue weighted by Gasteiger charge is -2.34. The lowest BCUT2D eigenvalue weighted by molar-refractivity contribution is 0.313. The molecule has 0 radical (unpaired) electrons. The van der Waals surface area contributed by atoms with Crippen molar-refractivity contribution in [3.05, 3.63) is 66.9 Å². The predicted octanol–water partition coefficient (Wildman–Crippen LogP) is 3.63. The Bertz CT molecular complexity index is 1260. The van der Waals surface area contributed by atoms with Crippen LogP contribution >= 0.6 is 0 Å². The van der Waals surface area contributed by atoms with Crippen LogP contribution in [-0.4, -0.2) is 63.2 Å². The molecule has 0 amide bonds. The zero-order valence-electron chi connectivity index (χ0n) is 18.2. The van der Waals surface area contributed by atoms with Gasteiger partial charge < -0.3 is 15.1 Å². The first-order chi connectivity index (χ1) is 15.6. The summed E-state index contributed by atoms with van der Waals surface area (Å²) < 4.78 is 14.1. The second-order valence-electron chi connectivity index (χ2n) is 8.05. The quantitative estimate of drug-likeness (QED) is 0.505. The number of hydrogen-bond donors (Lipinski definition) is 1. The molecular weight excluding hydrogens is 420 g/mol. The Morgan fingerprint density at radius 1 is 0.938 bits per heavy atom. The van der Waals surface area contributed by atoms with E-state index in [9.17, 15) is 4.21 Å². The van der Waals surface area contributed by atoms with Crippen molar-refractivity contribution < 1.29 is 4.21 Å². The molecule has 1 aliphatic rings. The molecule has 0 bridgehead atoms. The number of rotatable bonds is 5. The Hall–Kier alpha value is -3.23. The van der Waals surface area contributed by atoms with Gasteiger partial charge in [-0.3, -0.25) is 4.21 Å². The topological polar surface area (TPSA) is 65.8 Å². The van der Waals surface area contributed by atoms with Crippen molar-refractivity contribution in [2.75, 3.05) is 49.7 Å². The highest BCUT2D eigenvalue weighted by atomic mass is 32.2. The van der Waals surface area contributed by atoms with E-state index < -0.39 is 10.8 Å². The van der Waals surface area contributed by atoms with Crippen LogP contribution in [0.2, 0.25) is 0 Å². The second kappa shape index (κ2) is 8.72. The van der Waals surface area contributed by atoms with Crippen LogP contribution in [-0.2, 0) is 10.8 Å². The van der Waals surface area contributed by atoms with Crippen LogP contribution in [0, 0.1) is 0 Å². The summed E-state index contributed by atoms with van der Waals surface area (Å²) in [7, 11) is 1.07. The van der Waals surface area contributed by atoms with Gasteiger partial charge in [-0.25, -0.2) is 9.50 Å². The van der Waals surface area contributed by atoms with E-state index in [2.05, 4.69) is 51.4 Å². The van der Waals surface area contributed by atoms with Crippen LogP contribution in [0.3, 0.4) is 0 Å². The first-order valence-electron chi connectivity index (χ1n) is 10.7. The number of likely N-dealkylation sites (N-methyl/N-ethyl adjacent to an activating group) is 1. The molecule has 5 rings (SSSR count). The van der Waals surface area contributed by atoms with E-state index in [-0.39, 0.29) is 0 Å². The lowest BCUT2D eigenvalue weighted by atomic mass is 10.1. The third-order valence-electron chi connectivity index (χ3n) is 5.86. The molecular formula is C24H26N6OS. The predicted molar refractivity (Wildman–Crippen MR) is 130 cm³/mol. The van der Waals surface area contributed by atoms with Gasteiger partial charge in [0.1, 0.15) is 0 Å². The fourth-order valence-electron chi connectivity index (χ4n) is 4.04. The number of nitrogens with zero attached hydrogens (tertiary/aromatic N) is 5. The Labute approximate surface area is 190 Å². The second-order valence-corrected chi connectivity index (χ2v) is 9.40. The van der Waals surface area contributed by atoms with Crippen molar-refractivity contribution in [2.45, 2.75) is 4.90 Å². The number of benzene rings is 2. The third kappa shape index (κ3) is 4.11. The van der Waals surface area contributed by atoms with Gasteiger partial charge in [0.05, 0.1) is 28.2 Å². The van der Waals surface area contributed by atoms with Crippen molar-refractivity contribution in [1.29, 1.82) is 0 Å². The molecule has 1 aliphatic heterocycles. The van der Waals surface area contributed by atoms with E-state index in [0.717, 1.165) is 53.5 Å². The molecule has 1 N–H and O–H groups in total. The molecule has 1 unspecified atom stereocenters. The van der Waals surface area contributed by atoms with Gasteiger partial charge in [0, 0.05) is 54.3 Å². The van der Waals surface area contributed by atoms with Crippen LogP contribution in [0.25, 0.3) is 16.8 Å². The SMILES string of the molecule is CN1CCN(c2ccc(Nc3ncc4ccc(-c5ccccc5S(C)=O)n4n3)cc2)CC1. The number of anilines is 3. The Kier molecular flexibility index (Phi) is 5.63. The maximum absolute atomic E-state index is 12.2. The van der Waals surface area contributed by atoms with Crippen molar-refractivity contribution in [2.24, 2.45) is 0 Å². The van der Waals surface area contributed by atoms with Crippen LogP contribution in [0.5, 0.6) is 0 Å². The summed E-state index contributed by atoms with van der Waals surface area (Å²) in [6, 6.07) is 20.1. The molecule has 4 aromatic rings. The third-order valence-corrected chi connectivity index (χ3v) is 6.84. The monoisotopic (exact) mass is 446 g/mol. The highest BCUT2D eigenvalue weighted by Crippen LogP contribution is 2.28. The van der Waals surface area contributed by atoms with Gasteiger partial charge >= 0.3 is 0 Å². The number of nitrogens with one attached hydrogen (secondary N) is 1. The molecule has 1 saturated heterocycles. The minimum Gasteiger partial charge on any atom is -0.369 e. The minimum atomic E-state index is -1.09. The van der Waals surface area contributed by atoms with Crippen LogP contribution in [0.15, 0.2) is 71.8 Å². The number of aromatic nitrogens is 3. The fourth-order valence-corrected chi connectivity index (χ4v) is 4.79. The minimum absolute atomic E-state index is 0.511. The first-order valence-corrected chi connectivity index (χ1v) is 12.2. The number of fused-ring (bicyclic) bond motifs is 1. The molecule has 3 heterocycles. The molecule has 0 spiro atoms. The molecule has 1 atom stereocenters. The average Bonchev–Trinajstić information content (AvgIpc) is 3.23. The van der Waals surface area contributed by atoms with Gasteiger partial charge in [0.2, 0.25) is 5.95 Å². The van der Waals surface area contributed by atoms with Gasteiger partial charge in [-0.1, -0.05) is 18.2 Å². The average molecular weight is 447 g/mol. The normalized spacial score (nSPS) is 15.8. The maximum atomic E-state index is 12.2. The summed E-state index contributed by atoms with van der Waals surface area (Å²) in [6.07, 6.45) is 3.49. The van der Waals surface area contributed by atoms with Crippen molar-refractivity contribution >= 4 is 33.6 Å². The molecule has 8 heteroatoms. The number of hydrogen-bond acceptors (Lipinski definition) is 6. The zero-order valence-corrected chi connectivity index (χ0v) is 19.0. The van der Waals surface area contributed by atoms with Crippen molar-refractivity contribution in [3.8, 4) is 11.3 Å². The Balaban J connectivity index is 1.40. The van der Waals surface area contributed by atoms with Gasteiger partial charge in [-0.15, -0.1) is 5.10 Å². The largest absolute Gasteiger partial charge is 0.369 e. The summed E-state index contributed by atoms with van der Waals surface area (Å²) in [5.74, 6) is 0.511.